The number of amides is 1. The van der Waals surface area contributed by atoms with E-state index in [1.165, 1.54) is 0 Å². The topological polar surface area (TPSA) is 29.1 Å². The summed E-state index contributed by atoms with van der Waals surface area (Å²) >= 11 is 19.2. The molecule has 0 fully saturated rings. The molecule has 0 radical (unpaired) electrons. The Hall–Kier alpha value is -2.82. The molecule has 188 valence electrons. The molecule has 1 N–H and O–H groups in total. The van der Waals surface area contributed by atoms with Crippen LogP contribution in [0.4, 0.5) is 13.2 Å². The van der Waals surface area contributed by atoms with E-state index in [4.69, 9.17) is 34.8 Å². The van der Waals surface area contributed by atoms with Crippen molar-refractivity contribution in [3.63, 3.8) is 0 Å². The van der Waals surface area contributed by atoms with Crippen LogP contribution in [0.3, 0.4) is 0 Å². The molecule has 4 aromatic rings. The first-order chi connectivity index (χ1) is 17.7. The Morgan fingerprint density at radius 3 is 1.51 bits per heavy atom. The zero-order valence-electron chi connectivity index (χ0n) is 19.0. The highest BCUT2D eigenvalue weighted by atomic mass is 35.5. The van der Waals surface area contributed by atoms with E-state index in [1.54, 1.807) is 0 Å². The van der Waals surface area contributed by atoms with Crippen molar-refractivity contribution in [2.24, 2.45) is 0 Å². The van der Waals surface area contributed by atoms with E-state index < -0.39 is 24.9 Å². The number of halogens is 6. The van der Waals surface area contributed by atoms with Gasteiger partial charge in [-0.3, -0.25) is 10.1 Å². The van der Waals surface area contributed by atoms with Gasteiger partial charge in [0.2, 0.25) is 5.44 Å². The second-order valence-corrected chi connectivity index (χ2v) is 12.6. The molecule has 0 aliphatic rings. The molecule has 0 saturated carbocycles. The lowest BCUT2D eigenvalue weighted by Crippen LogP contribution is -2.38. The van der Waals surface area contributed by atoms with Gasteiger partial charge in [-0.25, -0.2) is 0 Å². The minimum absolute atomic E-state index is 0.140. The third-order valence-electron chi connectivity index (χ3n) is 5.72. The molecule has 0 aliphatic carbocycles. The van der Waals surface area contributed by atoms with Gasteiger partial charge in [0.15, 0.2) is 11.8 Å². The lowest BCUT2D eigenvalue weighted by atomic mass is 10.1. The van der Waals surface area contributed by atoms with Gasteiger partial charge >= 0.3 is 6.18 Å². The predicted molar refractivity (Wildman–Crippen MR) is 148 cm³/mol. The van der Waals surface area contributed by atoms with Crippen molar-refractivity contribution in [2.75, 3.05) is 0 Å². The van der Waals surface area contributed by atoms with Crippen molar-refractivity contribution in [3.8, 4) is 0 Å². The number of carbonyl (C=O) groups is 1. The molecule has 0 atom stereocenters. The molecule has 0 unspecified atom stereocenters. The number of hydrogen-bond acceptors (Lipinski definition) is 1. The monoisotopic (exact) mass is 578 g/mol. The molecule has 4 rings (SSSR count). The van der Waals surface area contributed by atoms with Crippen LogP contribution in [0.5, 0.6) is 0 Å². The van der Waals surface area contributed by atoms with Crippen molar-refractivity contribution in [2.45, 2.75) is 6.18 Å². The van der Waals surface area contributed by atoms with Gasteiger partial charge in [0.1, 0.15) is 15.9 Å². The lowest BCUT2D eigenvalue weighted by molar-refractivity contribution is -0.137. The highest BCUT2D eigenvalue weighted by Crippen LogP contribution is 2.63. The van der Waals surface area contributed by atoms with E-state index in [1.807, 2.05) is 91.0 Å². The Morgan fingerprint density at radius 1 is 0.703 bits per heavy atom. The van der Waals surface area contributed by atoms with Gasteiger partial charge in [-0.1, -0.05) is 89.4 Å². The summed E-state index contributed by atoms with van der Waals surface area (Å²) in [7, 11) is -2.93. The fourth-order valence-corrected chi connectivity index (χ4v) is 9.21. The minimum Gasteiger partial charge on any atom is -0.290 e. The van der Waals surface area contributed by atoms with Gasteiger partial charge in [0.05, 0.1) is 16.1 Å². The van der Waals surface area contributed by atoms with Crippen LogP contribution in [0, 0.1) is 0 Å². The van der Waals surface area contributed by atoms with E-state index >= 15 is 0 Å². The largest absolute Gasteiger partial charge is 0.416 e. The predicted octanol–water partition coefficient (Wildman–Crippen LogP) is 7.69. The third kappa shape index (κ3) is 5.56. The van der Waals surface area contributed by atoms with E-state index in [0.29, 0.717) is 6.07 Å². The Kier molecular flexibility index (Phi) is 8.30. The fourth-order valence-electron chi connectivity index (χ4n) is 4.10. The van der Waals surface area contributed by atoms with Crippen molar-refractivity contribution in [1.82, 2.24) is 5.32 Å². The molecule has 4 aromatic carbocycles. The van der Waals surface area contributed by atoms with Crippen LogP contribution in [0.15, 0.2) is 119 Å². The smallest absolute Gasteiger partial charge is 0.290 e. The molecule has 0 aliphatic heterocycles. The zero-order chi connectivity index (χ0) is 26.6. The first-order valence-electron chi connectivity index (χ1n) is 11.0. The van der Waals surface area contributed by atoms with Crippen molar-refractivity contribution in [3.05, 3.63) is 135 Å². The maximum Gasteiger partial charge on any atom is 0.416 e. The van der Waals surface area contributed by atoms with E-state index in [0.717, 1.165) is 28.0 Å². The van der Waals surface area contributed by atoms with Crippen LogP contribution in [-0.4, -0.2) is 5.91 Å². The molecule has 9 heteroatoms. The van der Waals surface area contributed by atoms with Gasteiger partial charge in [0, 0.05) is 0 Å². The lowest BCUT2D eigenvalue weighted by Gasteiger charge is -2.29. The third-order valence-corrected chi connectivity index (χ3v) is 10.9. The van der Waals surface area contributed by atoms with Crippen LogP contribution < -0.4 is 21.2 Å². The number of alkyl halides is 3. The van der Waals surface area contributed by atoms with Crippen LogP contribution in [0.25, 0.3) is 0 Å². The number of benzene rings is 4. The number of carbonyl (C=O) groups excluding carboxylic acids is 1. The van der Waals surface area contributed by atoms with Crippen LogP contribution in [0.1, 0.15) is 15.9 Å². The molecule has 0 bridgehead atoms. The van der Waals surface area contributed by atoms with E-state index in [9.17, 15) is 18.0 Å². The number of rotatable bonds is 6. The molecule has 1 amide bonds. The summed E-state index contributed by atoms with van der Waals surface area (Å²) in [6.07, 6.45) is -4.66. The van der Waals surface area contributed by atoms with Crippen molar-refractivity contribution < 1.29 is 18.0 Å². The second-order valence-electron chi connectivity index (χ2n) is 7.93. The molecular weight excluding hydrogens is 561 g/mol. The van der Waals surface area contributed by atoms with Crippen LogP contribution in [0.2, 0.25) is 5.02 Å². The summed E-state index contributed by atoms with van der Waals surface area (Å²) in [4.78, 5) is 13.5. The maximum atomic E-state index is 13.5. The molecule has 37 heavy (non-hydrogen) atoms. The summed E-state index contributed by atoms with van der Waals surface area (Å²) in [6.45, 7) is 0. The Morgan fingerprint density at radius 2 is 1.14 bits per heavy atom. The SMILES string of the molecule is O=C(NC(=C(Cl)Cl)[P+](c1ccccc1)(c1ccccc1)c1ccccc1)c1cc(C(F)(F)F)ccc1Cl. The summed E-state index contributed by atoms with van der Waals surface area (Å²) in [5, 5.41) is 5.11. The normalized spacial score (nSPS) is 11.6. The fraction of sp³-hybridized carbons (Fsp3) is 0.0357. The van der Waals surface area contributed by atoms with Crippen molar-refractivity contribution in [1.29, 1.82) is 0 Å². The minimum atomic E-state index is -4.66. The van der Waals surface area contributed by atoms with Gasteiger partial charge in [0.25, 0.3) is 5.91 Å². The van der Waals surface area contributed by atoms with Gasteiger partial charge < -0.3 is 0 Å². The average molecular weight is 580 g/mol. The van der Waals surface area contributed by atoms with E-state index in [-0.39, 0.29) is 20.5 Å². The highest BCUT2D eigenvalue weighted by Gasteiger charge is 2.52. The number of hydrogen-bond donors (Lipinski definition) is 1. The number of nitrogens with one attached hydrogen (secondary N) is 1. The molecule has 2 nitrogen and oxygen atoms in total. The van der Waals surface area contributed by atoms with E-state index in [2.05, 4.69) is 5.32 Å². The molecule has 0 aromatic heterocycles. The van der Waals surface area contributed by atoms with Crippen molar-refractivity contribution >= 4 is 63.9 Å². The first-order valence-corrected chi connectivity index (χ1v) is 13.9. The summed E-state index contributed by atoms with van der Waals surface area (Å²) in [6, 6.07) is 30.8. The zero-order valence-corrected chi connectivity index (χ0v) is 22.2. The summed E-state index contributed by atoms with van der Waals surface area (Å²) in [5.41, 5.74) is -1.17. The maximum absolute atomic E-state index is 13.5. The average Bonchev–Trinajstić information content (AvgIpc) is 2.90. The Balaban J connectivity index is 1.97. The molecular formula is C28H19Cl3F3NOP+. The quantitative estimate of drug-likeness (QED) is 0.233. The van der Waals surface area contributed by atoms with Gasteiger partial charge in [-0.15, -0.1) is 0 Å². The molecule has 0 spiro atoms. The summed E-state index contributed by atoms with van der Waals surface area (Å²) < 4.78 is 39.9. The van der Waals surface area contributed by atoms with Gasteiger partial charge in [-0.05, 0) is 54.6 Å². The Labute approximate surface area is 228 Å². The standard InChI is InChI=1S/C28H18Cl3F3NOP/c29-24-17-16-19(28(32,33)34)18-23(24)26(36)35-27(25(30)31)37(20-10-4-1-5-11-20,21-12-6-2-7-13-21)22-14-8-3-9-15-22/h1-18H/p+1. The highest BCUT2D eigenvalue weighted by molar-refractivity contribution is 7.99. The molecule has 0 saturated heterocycles. The first kappa shape index (κ1) is 27.2. The van der Waals surface area contributed by atoms with Gasteiger partial charge in [-0.2, -0.15) is 13.2 Å². The summed E-state index contributed by atoms with van der Waals surface area (Å²) in [5.74, 6) is -0.864. The Bertz CT molecular complexity index is 1330. The second kappa shape index (κ2) is 11.3. The molecule has 0 heterocycles. The van der Waals surface area contributed by atoms with Crippen LogP contribution in [-0.2, 0) is 6.18 Å². The van der Waals surface area contributed by atoms with Crippen LogP contribution >= 0.6 is 42.1 Å².